The van der Waals surface area contributed by atoms with Gasteiger partial charge in [-0.3, -0.25) is 4.79 Å². The smallest absolute Gasteiger partial charge is 0.268 e. The van der Waals surface area contributed by atoms with E-state index in [1.807, 2.05) is 6.92 Å². The number of amides is 1. The Hall–Kier alpha value is -1.14. The van der Waals surface area contributed by atoms with Crippen molar-refractivity contribution in [1.82, 2.24) is 9.29 Å². The molecule has 1 atom stereocenters. The third kappa shape index (κ3) is 2.60. The lowest BCUT2D eigenvalue weighted by atomic mass is 10.1. The molecule has 0 radical (unpaired) electrons. The lowest BCUT2D eigenvalue weighted by Gasteiger charge is -2.17. The zero-order valence-corrected chi connectivity index (χ0v) is 12.1. The standard InChI is InChI=1S/C12H15ClN2O3S/c1-9(4-6-13)5-8-15-12(16)10-3-2-7-14-11(10)19(15,17)18/h2-3,7,9H,4-6,8H2,1H3. The van der Waals surface area contributed by atoms with Gasteiger partial charge >= 0.3 is 0 Å². The van der Waals surface area contributed by atoms with Crippen molar-refractivity contribution in [2.45, 2.75) is 24.8 Å². The summed E-state index contributed by atoms with van der Waals surface area (Å²) in [6.07, 6.45) is 2.78. The van der Waals surface area contributed by atoms with Gasteiger partial charge in [0.25, 0.3) is 15.9 Å². The van der Waals surface area contributed by atoms with Gasteiger partial charge in [0.2, 0.25) is 0 Å². The molecular weight excluding hydrogens is 288 g/mol. The third-order valence-electron chi connectivity index (χ3n) is 3.19. The summed E-state index contributed by atoms with van der Waals surface area (Å²) in [6.45, 7) is 2.16. The number of sulfonamides is 1. The molecule has 1 amide bonds. The van der Waals surface area contributed by atoms with Crippen molar-refractivity contribution in [1.29, 1.82) is 0 Å². The van der Waals surface area contributed by atoms with Gasteiger partial charge in [-0.25, -0.2) is 9.29 Å². The first-order valence-electron chi connectivity index (χ1n) is 6.06. The van der Waals surface area contributed by atoms with Crippen LogP contribution in [0.25, 0.3) is 0 Å². The molecule has 5 nitrogen and oxygen atoms in total. The molecule has 0 aliphatic carbocycles. The fourth-order valence-electron chi connectivity index (χ4n) is 2.00. The highest BCUT2D eigenvalue weighted by molar-refractivity contribution is 7.90. The SMILES string of the molecule is CC(CCCl)CCN1C(=O)c2cccnc2S1(=O)=O. The molecule has 0 saturated heterocycles. The van der Waals surface area contributed by atoms with Crippen LogP contribution in [0.1, 0.15) is 30.1 Å². The maximum atomic E-state index is 12.2. The Morgan fingerprint density at radius 2 is 2.16 bits per heavy atom. The summed E-state index contributed by atoms with van der Waals surface area (Å²) in [6, 6.07) is 3.05. The van der Waals surface area contributed by atoms with Crippen LogP contribution in [0.4, 0.5) is 0 Å². The van der Waals surface area contributed by atoms with Crippen LogP contribution in [-0.4, -0.2) is 36.0 Å². The highest BCUT2D eigenvalue weighted by atomic mass is 35.5. The highest BCUT2D eigenvalue weighted by Gasteiger charge is 2.41. The first kappa shape index (κ1) is 14.3. The van der Waals surface area contributed by atoms with E-state index in [1.165, 1.54) is 12.3 Å². The molecule has 104 valence electrons. The number of alkyl halides is 1. The average molecular weight is 303 g/mol. The summed E-state index contributed by atoms with van der Waals surface area (Å²) in [7, 11) is -3.77. The van der Waals surface area contributed by atoms with Crippen molar-refractivity contribution in [2.75, 3.05) is 12.4 Å². The Morgan fingerprint density at radius 3 is 2.79 bits per heavy atom. The summed E-state index contributed by atoms with van der Waals surface area (Å²) >= 11 is 5.64. The minimum Gasteiger partial charge on any atom is -0.268 e. The molecule has 1 aromatic rings. The fourth-order valence-corrected chi connectivity index (χ4v) is 3.87. The number of hydrogen-bond acceptors (Lipinski definition) is 4. The third-order valence-corrected chi connectivity index (χ3v) is 5.15. The maximum absolute atomic E-state index is 12.2. The highest BCUT2D eigenvalue weighted by Crippen LogP contribution is 2.28. The first-order chi connectivity index (χ1) is 8.98. The van der Waals surface area contributed by atoms with E-state index < -0.39 is 15.9 Å². The van der Waals surface area contributed by atoms with Crippen molar-refractivity contribution in [3.8, 4) is 0 Å². The van der Waals surface area contributed by atoms with Crippen molar-refractivity contribution >= 4 is 27.5 Å². The van der Waals surface area contributed by atoms with E-state index in [0.717, 1.165) is 10.7 Å². The molecule has 1 aliphatic heterocycles. The monoisotopic (exact) mass is 302 g/mol. The van der Waals surface area contributed by atoms with Crippen LogP contribution in [0.15, 0.2) is 23.4 Å². The minimum absolute atomic E-state index is 0.134. The molecule has 0 spiro atoms. The van der Waals surface area contributed by atoms with Gasteiger partial charge in [0.1, 0.15) is 0 Å². The lowest BCUT2D eigenvalue weighted by Crippen LogP contribution is -2.32. The number of carbonyl (C=O) groups excluding carboxylic acids is 1. The van der Waals surface area contributed by atoms with Crippen molar-refractivity contribution in [3.05, 3.63) is 23.9 Å². The van der Waals surface area contributed by atoms with Gasteiger partial charge in [-0.15, -0.1) is 11.6 Å². The van der Waals surface area contributed by atoms with E-state index in [9.17, 15) is 13.2 Å². The average Bonchev–Trinajstić information content (AvgIpc) is 2.57. The molecule has 0 N–H and O–H groups in total. The quantitative estimate of drug-likeness (QED) is 0.779. The predicted octanol–water partition coefficient (Wildman–Crippen LogP) is 1.88. The molecule has 1 aromatic heterocycles. The molecule has 1 unspecified atom stereocenters. The number of halogens is 1. The van der Waals surface area contributed by atoms with Crippen LogP contribution < -0.4 is 0 Å². The molecule has 2 heterocycles. The summed E-state index contributed by atoms with van der Waals surface area (Å²) in [4.78, 5) is 15.9. The van der Waals surface area contributed by atoms with Gasteiger partial charge < -0.3 is 0 Å². The van der Waals surface area contributed by atoms with E-state index >= 15 is 0 Å². The number of hydrogen-bond donors (Lipinski definition) is 0. The molecule has 0 saturated carbocycles. The number of carbonyl (C=O) groups is 1. The van der Waals surface area contributed by atoms with Crippen LogP contribution in [0.5, 0.6) is 0 Å². The summed E-state index contributed by atoms with van der Waals surface area (Å²) in [5, 5.41) is -0.134. The topological polar surface area (TPSA) is 67.3 Å². The molecule has 1 aliphatic rings. The van der Waals surface area contributed by atoms with Crippen molar-refractivity contribution < 1.29 is 13.2 Å². The molecular formula is C12H15ClN2O3S. The molecule has 0 fully saturated rings. The van der Waals surface area contributed by atoms with E-state index in [0.29, 0.717) is 12.3 Å². The Bertz CT molecular complexity index is 588. The Labute approximate surface area is 117 Å². The summed E-state index contributed by atoms with van der Waals surface area (Å²) < 4.78 is 25.3. The minimum atomic E-state index is -3.77. The molecule has 19 heavy (non-hydrogen) atoms. The van der Waals surface area contributed by atoms with E-state index in [2.05, 4.69) is 4.98 Å². The van der Waals surface area contributed by atoms with Crippen LogP contribution in [0.2, 0.25) is 0 Å². The lowest BCUT2D eigenvalue weighted by molar-refractivity contribution is 0.0866. The van der Waals surface area contributed by atoms with Crippen molar-refractivity contribution in [2.24, 2.45) is 5.92 Å². The van der Waals surface area contributed by atoms with E-state index in [4.69, 9.17) is 11.6 Å². The second-order valence-electron chi connectivity index (χ2n) is 4.61. The van der Waals surface area contributed by atoms with E-state index in [-0.39, 0.29) is 23.1 Å². The summed E-state index contributed by atoms with van der Waals surface area (Å²) in [5.74, 6) is 0.322. The number of pyridine rings is 1. The zero-order valence-electron chi connectivity index (χ0n) is 10.5. The van der Waals surface area contributed by atoms with Crippen LogP contribution in [0.3, 0.4) is 0 Å². The van der Waals surface area contributed by atoms with Gasteiger partial charge in [-0.2, -0.15) is 8.42 Å². The van der Waals surface area contributed by atoms with E-state index in [1.54, 1.807) is 6.07 Å². The number of rotatable bonds is 5. The van der Waals surface area contributed by atoms with Gasteiger partial charge in [0.15, 0.2) is 5.03 Å². The molecule has 0 bridgehead atoms. The van der Waals surface area contributed by atoms with Gasteiger partial charge in [0.05, 0.1) is 5.56 Å². The first-order valence-corrected chi connectivity index (χ1v) is 8.04. The van der Waals surface area contributed by atoms with Crippen LogP contribution in [-0.2, 0) is 10.0 Å². The molecule has 7 heteroatoms. The van der Waals surface area contributed by atoms with Gasteiger partial charge in [-0.05, 0) is 30.9 Å². The molecule has 0 aromatic carbocycles. The zero-order chi connectivity index (χ0) is 14.0. The Kier molecular flexibility index (Phi) is 4.10. The Balaban J connectivity index is 2.19. The van der Waals surface area contributed by atoms with Crippen LogP contribution >= 0.6 is 11.6 Å². The largest absolute Gasteiger partial charge is 0.285 e. The predicted molar refractivity (Wildman–Crippen MR) is 71.6 cm³/mol. The van der Waals surface area contributed by atoms with Crippen molar-refractivity contribution in [3.63, 3.8) is 0 Å². The second-order valence-corrected chi connectivity index (χ2v) is 6.77. The number of nitrogens with zero attached hydrogens (tertiary/aromatic N) is 2. The Morgan fingerprint density at radius 1 is 1.42 bits per heavy atom. The number of fused-ring (bicyclic) bond motifs is 1. The normalized spacial score (nSPS) is 18.4. The second kappa shape index (κ2) is 5.46. The van der Waals surface area contributed by atoms with Gasteiger partial charge in [0, 0.05) is 18.6 Å². The summed E-state index contributed by atoms with van der Waals surface area (Å²) in [5.41, 5.74) is 0.160. The number of aromatic nitrogens is 1. The maximum Gasteiger partial charge on any atom is 0.285 e. The van der Waals surface area contributed by atoms with Gasteiger partial charge in [-0.1, -0.05) is 6.92 Å². The fraction of sp³-hybridized carbons (Fsp3) is 0.500. The van der Waals surface area contributed by atoms with Crippen LogP contribution in [0, 0.1) is 5.92 Å². The molecule has 2 rings (SSSR count).